The predicted octanol–water partition coefficient (Wildman–Crippen LogP) is 3.48. The van der Waals surface area contributed by atoms with Crippen LogP contribution >= 0.6 is 12.4 Å². The number of carbonyl (C=O) groups is 2. The molecule has 3 amide bonds. The number of para-hydroxylation sites is 1. The van der Waals surface area contributed by atoms with Gasteiger partial charge in [-0.05, 0) is 57.3 Å². The lowest BCUT2D eigenvalue weighted by atomic mass is 9.94. The Morgan fingerprint density at radius 1 is 1.24 bits per heavy atom. The molecule has 2 aliphatic heterocycles. The van der Waals surface area contributed by atoms with Gasteiger partial charge in [0.05, 0.1) is 11.6 Å². The molecule has 0 bridgehead atoms. The van der Waals surface area contributed by atoms with Crippen molar-refractivity contribution in [2.45, 2.75) is 45.1 Å². The highest BCUT2D eigenvalue weighted by Crippen LogP contribution is 2.23. The largest absolute Gasteiger partial charge is 0.339 e. The molecule has 2 N–H and O–H groups in total. The highest BCUT2D eigenvalue weighted by Gasteiger charge is 2.34. The highest BCUT2D eigenvalue weighted by atomic mass is 35.5. The molecule has 0 saturated carbocycles. The topological polar surface area (TPSA) is 64.7 Å². The average Bonchev–Trinajstić information content (AvgIpc) is 2.74. The summed E-state index contributed by atoms with van der Waals surface area (Å²) in [5.41, 5.74) is 0.170. The van der Waals surface area contributed by atoms with Gasteiger partial charge in [0.25, 0.3) is 0 Å². The predicted molar refractivity (Wildman–Crippen MR) is 115 cm³/mol. The van der Waals surface area contributed by atoms with Gasteiger partial charge in [-0.25, -0.2) is 9.18 Å². The molecule has 162 valence electrons. The van der Waals surface area contributed by atoms with Gasteiger partial charge in [0, 0.05) is 25.7 Å². The van der Waals surface area contributed by atoms with Gasteiger partial charge in [0.1, 0.15) is 5.82 Å². The minimum Gasteiger partial charge on any atom is -0.339 e. The third-order valence-electron chi connectivity index (χ3n) is 5.67. The number of rotatable bonds is 5. The van der Waals surface area contributed by atoms with Crippen LogP contribution in [-0.2, 0) is 4.79 Å². The number of halogens is 2. The number of hydrogen-bond donors (Lipinski definition) is 2. The van der Waals surface area contributed by atoms with Crippen molar-refractivity contribution in [3.8, 4) is 0 Å². The molecule has 0 radical (unpaired) electrons. The second-order valence-electron chi connectivity index (χ2n) is 7.71. The van der Waals surface area contributed by atoms with Crippen LogP contribution in [-0.4, -0.2) is 60.5 Å². The number of nitrogens with zero attached hydrogens (tertiary/aromatic N) is 2. The van der Waals surface area contributed by atoms with Crippen molar-refractivity contribution < 1.29 is 14.0 Å². The lowest BCUT2D eigenvalue weighted by Gasteiger charge is -2.39. The van der Waals surface area contributed by atoms with Gasteiger partial charge >= 0.3 is 6.03 Å². The van der Waals surface area contributed by atoms with E-state index in [2.05, 4.69) is 17.6 Å². The Morgan fingerprint density at radius 3 is 2.66 bits per heavy atom. The smallest absolute Gasteiger partial charge is 0.321 e. The molecule has 29 heavy (non-hydrogen) atoms. The van der Waals surface area contributed by atoms with Crippen LogP contribution in [0.2, 0.25) is 0 Å². The van der Waals surface area contributed by atoms with Gasteiger partial charge in [-0.15, -0.1) is 12.4 Å². The summed E-state index contributed by atoms with van der Waals surface area (Å²) >= 11 is 0. The molecular formula is C21H32ClFN4O2. The van der Waals surface area contributed by atoms with Gasteiger partial charge < -0.3 is 20.4 Å². The molecule has 2 saturated heterocycles. The summed E-state index contributed by atoms with van der Waals surface area (Å²) in [5.74, 6) is -0.473. The molecule has 1 aromatic rings. The maximum atomic E-state index is 13.8. The molecule has 2 aliphatic rings. The fourth-order valence-electron chi connectivity index (χ4n) is 4.19. The average molecular weight is 427 g/mol. The summed E-state index contributed by atoms with van der Waals surface area (Å²) in [5, 5.41) is 5.99. The summed E-state index contributed by atoms with van der Waals surface area (Å²) in [6.45, 7) is 5.73. The fourth-order valence-corrected chi connectivity index (χ4v) is 4.19. The lowest BCUT2D eigenvalue weighted by Crippen LogP contribution is -2.52. The number of piperidine rings is 2. The summed E-state index contributed by atoms with van der Waals surface area (Å²) in [6.07, 6.45) is 4.48. The summed E-state index contributed by atoms with van der Waals surface area (Å²) in [4.78, 5) is 29.5. The maximum absolute atomic E-state index is 13.8. The Morgan fingerprint density at radius 2 is 1.97 bits per heavy atom. The zero-order valence-corrected chi connectivity index (χ0v) is 17.8. The van der Waals surface area contributed by atoms with Crippen molar-refractivity contribution in [1.82, 2.24) is 15.1 Å². The number of nitrogens with one attached hydrogen (secondary N) is 2. The lowest BCUT2D eigenvalue weighted by molar-refractivity contribution is -0.140. The van der Waals surface area contributed by atoms with E-state index in [1.165, 1.54) is 6.07 Å². The van der Waals surface area contributed by atoms with Gasteiger partial charge in [-0.3, -0.25) is 4.79 Å². The van der Waals surface area contributed by atoms with Crippen LogP contribution in [0.5, 0.6) is 0 Å². The van der Waals surface area contributed by atoms with E-state index in [4.69, 9.17) is 0 Å². The Labute approximate surface area is 178 Å². The first-order chi connectivity index (χ1) is 13.6. The zero-order valence-electron chi connectivity index (χ0n) is 17.0. The number of hydrogen-bond acceptors (Lipinski definition) is 3. The number of anilines is 1. The fraction of sp³-hybridized carbons (Fsp3) is 0.619. The van der Waals surface area contributed by atoms with Crippen molar-refractivity contribution in [3.05, 3.63) is 30.1 Å². The first-order valence-corrected chi connectivity index (χ1v) is 10.4. The van der Waals surface area contributed by atoms with Crippen molar-refractivity contribution >= 4 is 30.0 Å². The molecule has 1 unspecified atom stereocenters. The van der Waals surface area contributed by atoms with Crippen LogP contribution in [0.15, 0.2) is 24.3 Å². The molecule has 2 fully saturated rings. The standard InChI is InChI=1S/C21H31FN4O2.ClH/c1-2-13-26(17-9-11-23-12-10-17)20(27)16-6-5-14-25(15-16)21(28)24-19-8-4-3-7-18(19)22;/h3-4,7-8,16-17,23H,2,5-6,9-15H2,1H3,(H,24,28);1H. The van der Waals surface area contributed by atoms with Crippen LogP contribution in [0, 0.1) is 11.7 Å². The Balaban J connectivity index is 0.00000300. The monoisotopic (exact) mass is 426 g/mol. The summed E-state index contributed by atoms with van der Waals surface area (Å²) in [6, 6.07) is 6.08. The van der Waals surface area contributed by atoms with Gasteiger partial charge in [-0.2, -0.15) is 0 Å². The van der Waals surface area contributed by atoms with E-state index < -0.39 is 5.82 Å². The molecular weight excluding hydrogens is 395 g/mol. The molecule has 3 rings (SSSR count). The first-order valence-electron chi connectivity index (χ1n) is 10.4. The number of carbonyl (C=O) groups excluding carboxylic acids is 2. The molecule has 0 aromatic heterocycles. The molecule has 1 atom stereocenters. The van der Waals surface area contributed by atoms with Gasteiger partial charge in [0.2, 0.25) is 5.91 Å². The van der Waals surface area contributed by atoms with Crippen molar-refractivity contribution in [2.75, 3.05) is 38.0 Å². The number of urea groups is 1. The molecule has 8 heteroatoms. The van der Waals surface area contributed by atoms with Crippen LogP contribution in [0.25, 0.3) is 0 Å². The van der Waals surface area contributed by atoms with E-state index in [1.54, 1.807) is 23.1 Å². The summed E-state index contributed by atoms with van der Waals surface area (Å²) < 4.78 is 13.8. The first kappa shape index (κ1) is 23.4. The normalized spacial score (nSPS) is 19.9. The van der Waals surface area contributed by atoms with Crippen LogP contribution in [0.3, 0.4) is 0 Å². The number of amides is 3. The third-order valence-corrected chi connectivity index (χ3v) is 5.67. The Kier molecular flexibility index (Phi) is 9.17. The Hall–Kier alpha value is -1.86. The van der Waals surface area contributed by atoms with Crippen molar-refractivity contribution in [3.63, 3.8) is 0 Å². The van der Waals surface area contributed by atoms with E-state index in [-0.39, 0.29) is 42.0 Å². The van der Waals surface area contributed by atoms with Crippen LogP contribution in [0.1, 0.15) is 39.0 Å². The minimum atomic E-state index is -0.458. The van der Waals surface area contributed by atoms with Crippen molar-refractivity contribution in [1.29, 1.82) is 0 Å². The van der Waals surface area contributed by atoms with E-state index in [0.717, 1.165) is 51.7 Å². The highest BCUT2D eigenvalue weighted by molar-refractivity contribution is 5.90. The van der Waals surface area contributed by atoms with E-state index in [0.29, 0.717) is 13.1 Å². The molecule has 6 nitrogen and oxygen atoms in total. The second-order valence-corrected chi connectivity index (χ2v) is 7.71. The second kappa shape index (κ2) is 11.4. The number of likely N-dealkylation sites (tertiary alicyclic amines) is 1. The molecule has 2 heterocycles. The maximum Gasteiger partial charge on any atom is 0.321 e. The van der Waals surface area contributed by atoms with Gasteiger partial charge in [0.15, 0.2) is 0 Å². The summed E-state index contributed by atoms with van der Waals surface area (Å²) in [7, 11) is 0. The van der Waals surface area contributed by atoms with E-state index >= 15 is 0 Å². The van der Waals surface area contributed by atoms with E-state index in [9.17, 15) is 14.0 Å². The Bertz CT molecular complexity index is 684. The van der Waals surface area contributed by atoms with Crippen molar-refractivity contribution in [2.24, 2.45) is 5.92 Å². The van der Waals surface area contributed by atoms with Crippen LogP contribution < -0.4 is 10.6 Å². The van der Waals surface area contributed by atoms with Crippen LogP contribution in [0.4, 0.5) is 14.9 Å². The SMILES string of the molecule is CCCN(C(=O)C1CCCN(C(=O)Nc2ccccc2F)C1)C1CCNCC1.Cl. The zero-order chi connectivity index (χ0) is 19.9. The van der Waals surface area contributed by atoms with E-state index in [1.807, 2.05) is 4.90 Å². The molecule has 0 aliphatic carbocycles. The number of benzene rings is 1. The van der Waals surface area contributed by atoms with Gasteiger partial charge in [-0.1, -0.05) is 19.1 Å². The minimum absolute atomic E-state index is 0. The third kappa shape index (κ3) is 6.06. The molecule has 1 aromatic carbocycles. The quantitative estimate of drug-likeness (QED) is 0.757. The molecule has 0 spiro atoms.